The number of rotatable bonds is 2. The standard InChI is InChI=1S/C11H12N4O/c1-2-7-9(12)14-10(15-11(7)16)8-5-3-4-6-13-8/h3-6H,2H2,1H3,(H3,12,14,15,16). The molecule has 0 aliphatic rings. The summed E-state index contributed by atoms with van der Waals surface area (Å²) in [5.74, 6) is 0.673. The lowest BCUT2D eigenvalue weighted by atomic mass is 10.2. The van der Waals surface area contributed by atoms with Gasteiger partial charge < -0.3 is 10.7 Å². The molecule has 3 N–H and O–H groups in total. The van der Waals surface area contributed by atoms with Crippen molar-refractivity contribution in [3.05, 3.63) is 40.3 Å². The Bertz CT molecular complexity index is 548. The van der Waals surface area contributed by atoms with Crippen LogP contribution in [0.25, 0.3) is 11.5 Å². The molecule has 16 heavy (non-hydrogen) atoms. The lowest BCUT2D eigenvalue weighted by molar-refractivity contribution is 1.01. The predicted molar refractivity (Wildman–Crippen MR) is 61.9 cm³/mol. The Morgan fingerprint density at radius 2 is 2.25 bits per heavy atom. The molecular weight excluding hydrogens is 204 g/mol. The minimum Gasteiger partial charge on any atom is -0.383 e. The van der Waals surface area contributed by atoms with E-state index < -0.39 is 0 Å². The summed E-state index contributed by atoms with van der Waals surface area (Å²) in [4.78, 5) is 22.6. The minimum atomic E-state index is -0.198. The van der Waals surface area contributed by atoms with E-state index in [2.05, 4.69) is 15.0 Å². The van der Waals surface area contributed by atoms with Crippen molar-refractivity contribution in [3.8, 4) is 11.5 Å². The Kier molecular flexibility index (Phi) is 2.68. The molecule has 2 heterocycles. The van der Waals surface area contributed by atoms with Crippen LogP contribution in [0, 0.1) is 0 Å². The molecule has 0 aliphatic heterocycles. The van der Waals surface area contributed by atoms with Gasteiger partial charge >= 0.3 is 0 Å². The smallest absolute Gasteiger partial charge is 0.256 e. The quantitative estimate of drug-likeness (QED) is 0.783. The molecule has 0 unspecified atom stereocenters. The van der Waals surface area contributed by atoms with Gasteiger partial charge in [-0.2, -0.15) is 0 Å². The number of anilines is 1. The van der Waals surface area contributed by atoms with Gasteiger partial charge in [0.15, 0.2) is 5.82 Å². The fourth-order valence-corrected chi connectivity index (χ4v) is 1.48. The third-order valence-electron chi connectivity index (χ3n) is 2.31. The average molecular weight is 216 g/mol. The van der Waals surface area contributed by atoms with Crippen LogP contribution in [-0.2, 0) is 6.42 Å². The predicted octanol–water partition coefficient (Wildman–Crippen LogP) is 0.976. The van der Waals surface area contributed by atoms with E-state index in [9.17, 15) is 4.79 Å². The van der Waals surface area contributed by atoms with Gasteiger partial charge in [0.1, 0.15) is 11.5 Å². The topological polar surface area (TPSA) is 84.7 Å². The van der Waals surface area contributed by atoms with Crippen LogP contribution in [-0.4, -0.2) is 15.0 Å². The van der Waals surface area contributed by atoms with Crippen LogP contribution in [0.2, 0.25) is 0 Å². The van der Waals surface area contributed by atoms with E-state index in [-0.39, 0.29) is 11.4 Å². The van der Waals surface area contributed by atoms with Crippen molar-refractivity contribution in [2.24, 2.45) is 0 Å². The number of nitrogens with zero attached hydrogens (tertiary/aromatic N) is 2. The molecule has 0 aliphatic carbocycles. The molecule has 0 saturated heterocycles. The molecule has 0 bridgehead atoms. The van der Waals surface area contributed by atoms with Gasteiger partial charge in [0.2, 0.25) is 0 Å². The molecule has 5 nitrogen and oxygen atoms in total. The van der Waals surface area contributed by atoms with Gasteiger partial charge in [0.25, 0.3) is 5.56 Å². The van der Waals surface area contributed by atoms with E-state index in [1.807, 2.05) is 13.0 Å². The molecule has 0 aromatic carbocycles. The zero-order chi connectivity index (χ0) is 11.5. The van der Waals surface area contributed by atoms with Gasteiger partial charge in [-0.1, -0.05) is 13.0 Å². The van der Waals surface area contributed by atoms with E-state index in [0.717, 1.165) is 0 Å². The molecule has 0 atom stereocenters. The van der Waals surface area contributed by atoms with Crippen molar-refractivity contribution >= 4 is 5.82 Å². The first kappa shape index (κ1) is 10.4. The molecular formula is C11H12N4O. The Labute approximate surface area is 92.4 Å². The summed E-state index contributed by atoms with van der Waals surface area (Å²) in [6, 6.07) is 5.39. The normalized spacial score (nSPS) is 10.3. The van der Waals surface area contributed by atoms with E-state index in [0.29, 0.717) is 23.5 Å². The van der Waals surface area contributed by atoms with Crippen LogP contribution in [0.3, 0.4) is 0 Å². The molecule has 82 valence electrons. The zero-order valence-electron chi connectivity index (χ0n) is 8.90. The lowest BCUT2D eigenvalue weighted by Gasteiger charge is -2.04. The molecule has 0 spiro atoms. The maximum atomic E-state index is 11.7. The van der Waals surface area contributed by atoms with E-state index >= 15 is 0 Å². The number of aromatic amines is 1. The maximum Gasteiger partial charge on any atom is 0.256 e. The van der Waals surface area contributed by atoms with Crippen LogP contribution < -0.4 is 11.3 Å². The SMILES string of the molecule is CCc1c(N)nc(-c2ccccn2)[nH]c1=O. The Morgan fingerprint density at radius 1 is 1.44 bits per heavy atom. The van der Waals surface area contributed by atoms with Crippen molar-refractivity contribution in [1.29, 1.82) is 0 Å². The first-order valence-corrected chi connectivity index (χ1v) is 5.02. The van der Waals surface area contributed by atoms with Crippen LogP contribution in [0.15, 0.2) is 29.2 Å². The third-order valence-corrected chi connectivity index (χ3v) is 2.31. The number of nitrogen functional groups attached to an aromatic ring is 1. The highest BCUT2D eigenvalue weighted by Gasteiger charge is 2.08. The summed E-state index contributed by atoms with van der Waals surface area (Å²) in [6.45, 7) is 1.86. The number of aromatic nitrogens is 3. The first-order valence-electron chi connectivity index (χ1n) is 5.02. The molecule has 2 aromatic heterocycles. The zero-order valence-corrected chi connectivity index (χ0v) is 8.90. The summed E-state index contributed by atoms with van der Waals surface area (Å²) in [5.41, 5.74) is 6.63. The van der Waals surface area contributed by atoms with E-state index in [1.54, 1.807) is 18.3 Å². The lowest BCUT2D eigenvalue weighted by Crippen LogP contribution is -2.17. The molecule has 5 heteroatoms. The molecule has 0 saturated carbocycles. The highest BCUT2D eigenvalue weighted by Crippen LogP contribution is 2.12. The Balaban J connectivity index is 2.57. The number of nitrogens with two attached hydrogens (primary N) is 1. The summed E-state index contributed by atoms with van der Waals surface area (Å²) in [6.07, 6.45) is 2.20. The highest BCUT2D eigenvalue weighted by molar-refractivity contribution is 5.52. The minimum absolute atomic E-state index is 0.198. The fraction of sp³-hybridized carbons (Fsp3) is 0.182. The third kappa shape index (κ3) is 1.79. The number of nitrogens with one attached hydrogen (secondary N) is 1. The molecule has 2 rings (SSSR count). The first-order chi connectivity index (χ1) is 7.72. The summed E-state index contributed by atoms with van der Waals surface area (Å²) >= 11 is 0. The van der Waals surface area contributed by atoms with Crippen molar-refractivity contribution in [3.63, 3.8) is 0 Å². The van der Waals surface area contributed by atoms with Crippen molar-refractivity contribution in [2.75, 3.05) is 5.73 Å². The van der Waals surface area contributed by atoms with Gasteiger partial charge in [0.05, 0.1) is 5.56 Å². The fourth-order valence-electron chi connectivity index (χ4n) is 1.48. The molecule has 0 fully saturated rings. The van der Waals surface area contributed by atoms with Gasteiger partial charge in [0, 0.05) is 6.20 Å². The number of pyridine rings is 1. The Hall–Kier alpha value is -2.17. The van der Waals surface area contributed by atoms with Crippen LogP contribution in [0.1, 0.15) is 12.5 Å². The molecule has 2 aromatic rings. The summed E-state index contributed by atoms with van der Waals surface area (Å²) in [5, 5.41) is 0. The van der Waals surface area contributed by atoms with Crippen LogP contribution in [0.5, 0.6) is 0 Å². The van der Waals surface area contributed by atoms with Crippen LogP contribution >= 0.6 is 0 Å². The van der Waals surface area contributed by atoms with Crippen molar-refractivity contribution < 1.29 is 0 Å². The number of hydrogen-bond acceptors (Lipinski definition) is 4. The maximum absolute atomic E-state index is 11.7. The molecule has 0 amide bonds. The monoisotopic (exact) mass is 216 g/mol. The van der Waals surface area contributed by atoms with Crippen LogP contribution in [0.4, 0.5) is 5.82 Å². The summed E-state index contributed by atoms with van der Waals surface area (Å²) < 4.78 is 0. The average Bonchev–Trinajstić information content (AvgIpc) is 2.30. The van der Waals surface area contributed by atoms with Gasteiger partial charge in [-0.05, 0) is 18.6 Å². The van der Waals surface area contributed by atoms with Crippen molar-refractivity contribution in [1.82, 2.24) is 15.0 Å². The second kappa shape index (κ2) is 4.14. The van der Waals surface area contributed by atoms with Gasteiger partial charge in [-0.3, -0.25) is 9.78 Å². The second-order valence-electron chi connectivity index (χ2n) is 3.35. The highest BCUT2D eigenvalue weighted by atomic mass is 16.1. The number of H-pyrrole nitrogens is 1. The molecule has 0 radical (unpaired) electrons. The summed E-state index contributed by atoms with van der Waals surface area (Å²) in [7, 11) is 0. The van der Waals surface area contributed by atoms with E-state index in [4.69, 9.17) is 5.73 Å². The van der Waals surface area contributed by atoms with E-state index in [1.165, 1.54) is 0 Å². The second-order valence-corrected chi connectivity index (χ2v) is 3.35. The van der Waals surface area contributed by atoms with Gasteiger partial charge in [-0.25, -0.2) is 4.98 Å². The largest absolute Gasteiger partial charge is 0.383 e. The van der Waals surface area contributed by atoms with Crippen molar-refractivity contribution in [2.45, 2.75) is 13.3 Å². The van der Waals surface area contributed by atoms with Gasteiger partial charge in [-0.15, -0.1) is 0 Å². The Morgan fingerprint density at radius 3 is 2.81 bits per heavy atom. The number of hydrogen-bond donors (Lipinski definition) is 2.